The van der Waals surface area contributed by atoms with Crippen LogP contribution in [0.25, 0.3) is 0 Å². The van der Waals surface area contributed by atoms with Crippen LogP contribution >= 0.6 is 15.9 Å². The van der Waals surface area contributed by atoms with Gasteiger partial charge in [-0.25, -0.2) is 8.78 Å². The third-order valence-electron chi connectivity index (χ3n) is 2.35. The molecule has 21 heavy (non-hydrogen) atoms. The number of rotatable bonds is 5. The van der Waals surface area contributed by atoms with E-state index in [-0.39, 0.29) is 10.9 Å². The second kappa shape index (κ2) is 7.01. The predicted molar refractivity (Wildman–Crippen MR) is 64.2 cm³/mol. The Morgan fingerprint density at radius 2 is 2.05 bits per heavy atom. The Labute approximate surface area is 124 Å². The van der Waals surface area contributed by atoms with E-state index in [1.807, 2.05) is 0 Å². The molecule has 0 aliphatic carbocycles. The van der Waals surface area contributed by atoms with Crippen LogP contribution in [-0.2, 0) is 21.3 Å². The van der Waals surface area contributed by atoms with Crippen molar-refractivity contribution in [3.63, 3.8) is 0 Å². The number of methoxy groups -OCH3 is 1. The molecule has 0 saturated heterocycles. The zero-order valence-electron chi connectivity index (χ0n) is 10.5. The number of esters is 1. The summed E-state index contributed by atoms with van der Waals surface area (Å²) in [6.07, 6.45) is -8.18. The molecule has 0 aliphatic heterocycles. The first-order valence-electron chi connectivity index (χ1n) is 5.37. The minimum absolute atomic E-state index is 0.146. The van der Waals surface area contributed by atoms with Crippen LogP contribution in [0.1, 0.15) is 23.2 Å². The number of aromatic nitrogens is 1. The maximum absolute atomic E-state index is 13.0. The Morgan fingerprint density at radius 3 is 2.48 bits per heavy atom. The Bertz CT molecular complexity index is 521. The van der Waals surface area contributed by atoms with Gasteiger partial charge in [0.25, 0.3) is 6.43 Å². The quantitative estimate of drug-likeness (QED) is 0.447. The van der Waals surface area contributed by atoms with Crippen molar-refractivity contribution in [1.29, 1.82) is 0 Å². The van der Waals surface area contributed by atoms with Crippen LogP contribution in [0.3, 0.4) is 0 Å². The molecular weight excluding hydrogens is 369 g/mol. The van der Waals surface area contributed by atoms with Crippen LogP contribution in [0.5, 0.6) is 5.75 Å². The van der Waals surface area contributed by atoms with Gasteiger partial charge in [-0.05, 0) is 5.56 Å². The molecule has 0 aliphatic rings. The van der Waals surface area contributed by atoms with Gasteiger partial charge >= 0.3 is 12.3 Å². The minimum atomic E-state index is -5.19. The molecule has 0 bridgehead atoms. The number of alkyl halides is 6. The number of carbonyl (C=O) groups is 1. The number of carbonyl (C=O) groups excluding carboxylic acids is 1. The number of pyridine rings is 1. The summed E-state index contributed by atoms with van der Waals surface area (Å²) in [5, 5.41) is -0.146. The summed E-state index contributed by atoms with van der Waals surface area (Å²) in [6, 6.07) is 0. The molecule has 0 N–H and O–H groups in total. The molecule has 0 radical (unpaired) electrons. The first-order chi connectivity index (χ1) is 9.69. The van der Waals surface area contributed by atoms with Gasteiger partial charge in [0.15, 0.2) is 5.75 Å². The van der Waals surface area contributed by atoms with E-state index in [4.69, 9.17) is 0 Å². The van der Waals surface area contributed by atoms with Crippen LogP contribution in [0.2, 0.25) is 0 Å². The summed E-state index contributed by atoms with van der Waals surface area (Å²) in [5.41, 5.74) is -1.70. The van der Waals surface area contributed by atoms with Crippen molar-refractivity contribution in [1.82, 2.24) is 4.98 Å². The lowest BCUT2D eigenvalue weighted by molar-refractivity contribution is -0.275. The Balaban J connectivity index is 3.42. The topological polar surface area (TPSA) is 48.4 Å². The Hall–Kier alpha value is -1.45. The van der Waals surface area contributed by atoms with E-state index < -0.39 is 42.2 Å². The summed E-state index contributed by atoms with van der Waals surface area (Å²) in [7, 11) is 1.01. The Kier molecular flexibility index (Phi) is 5.87. The van der Waals surface area contributed by atoms with E-state index in [2.05, 4.69) is 30.4 Å². The fourth-order valence-corrected chi connectivity index (χ4v) is 1.94. The van der Waals surface area contributed by atoms with Gasteiger partial charge in [0, 0.05) is 11.5 Å². The largest absolute Gasteiger partial charge is 0.573 e. The molecule has 4 nitrogen and oxygen atoms in total. The molecule has 1 aromatic heterocycles. The first kappa shape index (κ1) is 17.6. The Morgan fingerprint density at radius 1 is 1.43 bits per heavy atom. The van der Waals surface area contributed by atoms with Crippen LogP contribution < -0.4 is 4.74 Å². The van der Waals surface area contributed by atoms with Gasteiger partial charge in [0.05, 0.1) is 24.8 Å². The molecule has 0 atom stereocenters. The molecule has 0 saturated carbocycles. The van der Waals surface area contributed by atoms with Crippen molar-refractivity contribution in [3.05, 3.63) is 23.0 Å². The second-order valence-electron chi connectivity index (χ2n) is 3.71. The van der Waals surface area contributed by atoms with Crippen LogP contribution in [0.15, 0.2) is 6.20 Å². The molecule has 0 spiro atoms. The molecule has 0 fully saturated rings. The van der Waals surface area contributed by atoms with Gasteiger partial charge in [-0.2, -0.15) is 0 Å². The standard InChI is InChI=1S/C11H9BrF5NO3/c1-20-7(19)2-6-9(21-11(15,16)17)8(10(13)14)5(3-12)4-18-6/h4,10H,2-3H2,1H3. The minimum Gasteiger partial charge on any atom is -0.469 e. The van der Waals surface area contributed by atoms with E-state index in [0.29, 0.717) is 0 Å². The highest BCUT2D eigenvalue weighted by Crippen LogP contribution is 2.38. The SMILES string of the molecule is COC(=O)Cc1ncc(CBr)c(C(F)F)c1OC(F)(F)F. The fraction of sp³-hybridized carbons (Fsp3) is 0.455. The predicted octanol–water partition coefficient (Wildman–Crippen LogP) is 3.53. The number of hydrogen-bond donors (Lipinski definition) is 0. The van der Waals surface area contributed by atoms with E-state index in [0.717, 1.165) is 13.3 Å². The number of ether oxygens (including phenoxy) is 2. The smallest absolute Gasteiger partial charge is 0.469 e. The molecule has 10 heteroatoms. The molecule has 1 heterocycles. The van der Waals surface area contributed by atoms with Gasteiger partial charge in [-0.1, -0.05) is 15.9 Å². The van der Waals surface area contributed by atoms with Crippen LogP contribution in [-0.4, -0.2) is 24.4 Å². The third-order valence-corrected chi connectivity index (χ3v) is 2.95. The summed E-state index contributed by atoms with van der Waals surface area (Å²) < 4.78 is 71.2. The molecule has 0 unspecified atom stereocenters. The zero-order chi connectivity index (χ0) is 16.2. The van der Waals surface area contributed by atoms with E-state index in [1.165, 1.54) is 0 Å². The summed E-state index contributed by atoms with van der Waals surface area (Å²) >= 11 is 2.88. The lowest BCUT2D eigenvalue weighted by Gasteiger charge is -2.18. The van der Waals surface area contributed by atoms with Gasteiger partial charge < -0.3 is 9.47 Å². The van der Waals surface area contributed by atoms with E-state index in [1.54, 1.807) is 0 Å². The fourth-order valence-electron chi connectivity index (χ4n) is 1.50. The van der Waals surface area contributed by atoms with Crippen molar-refractivity contribution in [2.45, 2.75) is 24.5 Å². The zero-order valence-corrected chi connectivity index (χ0v) is 12.1. The number of halogens is 6. The highest BCUT2D eigenvalue weighted by Gasteiger charge is 2.36. The van der Waals surface area contributed by atoms with Gasteiger partial charge in [0.2, 0.25) is 0 Å². The normalized spacial score (nSPS) is 11.6. The van der Waals surface area contributed by atoms with Crippen molar-refractivity contribution < 1.29 is 36.2 Å². The molecule has 1 aromatic rings. The summed E-state index contributed by atoms with van der Waals surface area (Å²) in [5.74, 6) is -2.10. The maximum Gasteiger partial charge on any atom is 0.573 e. The lowest BCUT2D eigenvalue weighted by Crippen LogP contribution is -2.21. The first-order valence-corrected chi connectivity index (χ1v) is 6.49. The average molecular weight is 378 g/mol. The second-order valence-corrected chi connectivity index (χ2v) is 4.27. The van der Waals surface area contributed by atoms with Crippen LogP contribution in [0.4, 0.5) is 22.0 Å². The molecule has 0 amide bonds. The van der Waals surface area contributed by atoms with E-state index in [9.17, 15) is 26.7 Å². The van der Waals surface area contributed by atoms with E-state index >= 15 is 0 Å². The lowest BCUT2D eigenvalue weighted by atomic mass is 10.1. The molecule has 118 valence electrons. The number of nitrogens with zero attached hydrogens (tertiary/aromatic N) is 1. The van der Waals surface area contributed by atoms with Gasteiger partial charge in [0.1, 0.15) is 0 Å². The molecular formula is C11H9BrF5NO3. The monoisotopic (exact) mass is 377 g/mol. The van der Waals surface area contributed by atoms with Crippen molar-refractivity contribution in [2.24, 2.45) is 0 Å². The van der Waals surface area contributed by atoms with Crippen molar-refractivity contribution in [3.8, 4) is 5.75 Å². The number of hydrogen-bond acceptors (Lipinski definition) is 4. The third kappa shape index (κ3) is 4.80. The highest BCUT2D eigenvalue weighted by atomic mass is 79.9. The summed E-state index contributed by atoms with van der Waals surface area (Å²) in [6.45, 7) is 0. The van der Waals surface area contributed by atoms with Crippen molar-refractivity contribution >= 4 is 21.9 Å². The maximum atomic E-state index is 13.0. The van der Waals surface area contributed by atoms with Gasteiger partial charge in [-0.3, -0.25) is 9.78 Å². The van der Waals surface area contributed by atoms with Crippen LogP contribution in [0, 0.1) is 0 Å². The van der Waals surface area contributed by atoms with Gasteiger partial charge in [-0.15, -0.1) is 13.2 Å². The summed E-state index contributed by atoms with van der Waals surface area (Å²) in [4.78, 5) is 14.7. The molecule has 0 aromatic carbocycles. The molecule has 1 rings (SSSR count). The van der Waals surface area contributed by atoms with Crippen molar-refractivity contribution in [2.75, 3.05) is 7.11 Å². The highest BCUT2D eigenvalue weighted by molar-refractivity contribution is 9.08. The average Bonchev–Trinajstić information content (AvgIpc) is 2.37.